The van der Waals surface area contributed by atoms with Gasteiger partial charge < -0.3 is 16.1 Å². The van der Waals surface area contributed by atoms with E-state index in [1.807, 2.05) is 0 Å². The number of hydrogen-bond donors (Lipinski definition) is 1. The SMILES string of the molecule is CC(=O)[O-].N.[B]C#N.[HH].[Na+]. The van der Waals surface area contributed by atoms with E-state index in [1.54, 1.807) is 0 Å². The van der Waals surface area contributed by atoms with Crippen LogP contribution in [-0.4, -0.2) is 13.8 Å². The minimum atomic E-state index is -1.08. The predicted molar refractivity (Wildman–Crippen MR) is 29.2 cm³/mol. The smallest absolute Gasteiger partial charge is 0.550 e. The second-order valence-electron chi connectivity index (χ2n) is 0.621. The van der Waals surface area contributed by atoms with Crippen LogP contribution < -0.4 is 40.8 Å². The van der Waals surface area contributed by atoms with E-state index < -0.39 is 5.97 Å². The maximum atomic E-state index is 8.89. The van der Waals surface area contributed by atoms with Crippen molar-refractivity contribution in [1.82, 2.24) is 6.15 Å². The molecule has 6 heteroatoms. The van der Waals surface area contributed by atoms with Crippen molar-refractivity contribution < 1.29 is 40.9 Å². The third-order valence-electron chi connectivity index (χ3n) is 0. The summed E-state index contributed by atoms with van der Waals surface area (Å²) in [5, 5.41) is 16.0. The molecule has 0 rings (SSSR count). The molecule has 0 atom stereocenters. The van der Waals surface area contributed by atoms with Crippen LogP contribution in [0, 0.1) is 11.2 Å². The fraction of sp³-hybridized carbons (Fsp3) is 0.333. The second-order valence-corrected chi connectivity index (χ2v) is 0.621. The molecule has 0 aliphatic carbocycles. The molecule has 0 amide bonds. The van der Waals surface area contributed by atoms with Gasteiger partial charge in [-0.25, -0.2) is 5.26 Å². The van der Waals surface area contributed by atoms with Crippen molar-refractivity contribution >= 4 is 13.8 Å². The van der Waals surface area contributed by atoms with Gasteiger partial charge in [0.1, 0.15) is 0 Å². The van der Waals surface area contributed by atoms with Crippen LogP contribution in [0.4, 0.5) is 0 Å². The minimum absolute atomic E-state index is 0. The van der Waals surface area contributed by atoms with Gasteiger partial charge in [-0.05, 0) is 12.9 Å². The molecule has 0 spiro atoms. The van der Waals surface area contributed by atoms with Crippen LogP contribution in [-0.2, 0) is 4.79 Å². The Kier molecular flexibility index (Phi) is 62.8. The van der Waals surface area contributed by atoms with E-state index >= 15 is 0 Å². The van der Waals surface area contributed by atoms with Gasteiger partial charge in [0.2, 0.25) is 7.85 Å². The number of carboxylic acid groups (broad SMARTS) is 1. The predicted octanol–water partition coefficient (Wildman–Crippen LogP) is -4.20. The summed E-state index contributed by atoms with van der Waals surface area (Å²) in [5.74, 6) is 0.167. The Hall–Kier alpha value is -0.0151. The Morgan fingerprint density at radius 2 is 1.89 bits per heavy atom. The summed E-state index contributed by atoms with van der Waals surface area (Å²) in [6.45, 7) is 0.972. The largest absolute Gasteiger partial charge is 1.00 e. The second kappa shape index (κ2) is 24.5. The van der Waals surface area contributed by atoms with Crippen molar-refractivity contribution in [2.45, 2.75) is 6.92 Å². The number of carbonyl (C=O) groups excluding carboxylic acids is 1. The molecule has 0 aromatic rings. The number of carboxylic acids is 1. The summed E-state index contributed by atoms with van der Waals surface area (Å²) < 4.78 is 0. The van der Waals surface area contributed by atoms with Crippen LogP contribution in [0.1, 0.15) is 8.35 Å². The fourth-order valence-corrected chi connectivity index (χ4v) is 0. The van der Waals surface area contributed by atoms with Gasteiger partial charge in [0.25, 0.3) is 0 Å². The fourth-order valence-electron chi connectivity index (χ4n) is 0. The molecule has 0 saturated heterocycles. The summed E-state index contributed by atoms with van der Waals surface area (Å²) in [6, 6.07) is 0. The molecule has 0 aliphatic rings. The first-order valence-electron chi connectivity index (χ1n) is 1.42. The van der Waals surface area contributed by atoms with Crippen molar-refractivity contribution in [3.8, 4) is 5.97 Å². The summed E-state index contributed by atoms with van der Waals surface area (Å²) in [5.41, 5.74) is 0. The molecule has 46 valence electrons. The van der Waals surface area contributed by atoms with Crippen LogP contribution in [0.15, 0.2) is 0 Å². The molecule has 9 heavy (non-hydrogen) atoms. The molecule has 0 aromatic carbocycles. The Morgan fingerprint density at radius 3 is 1.89 bits per heavy atom. The van der Waals surface area contributed by atoms with E-state index in [9.17, 15) is 0 Å². The van der Waals surface area contributed by atoms with E-state index in [-0.39, 0.29) is 37.1 Å². The quantitative estimate of drug-likeness (QED) is 0.343. The molecule has 0 unspecified atom stereocenters. The van der Waals surface area contributed by atoms with E-state index in [4.69, 9.17) is 15.2 Å². The zero-order chi connectivity index (χ0) is 6.28. The minimum Gasteiger partial charge on any atom is -0.550 e. The van der Waals surface area contributed by atoms with Gasteiger partial charge in [0.05, 0.1) is 0 Å². The third kappa shape index (κ3) is 1260000. The molecule has 4 nitrogen and oxygen atoms in total. The summed E-state index contributed by atoms with van der Waals surface area (Å²) >= 11 is 0. The van der Waals surface area contributed by atoms with Gasteiger partial charge >= 0.3 is 29.6 Å². The van der Waals surface area contributed by atoms with Gasteiger partial charge in [-0.15, -0.1) is 0 Å². The van der Waals surface area contributed by atoms with E-state index in [1.165, 1.54) is 5.97 Å². The molecule has 0 heterocycles. The molecule has 0 bridgehead atoms. The first-order valence-corrected chi connectivity index (χ1v) is 1.42. The Morgan fingerprint density at radius 1 is 1.89 bits per heavy atom. The van der Waals surface area contributed by atoms with Crippen molar-refractivity contribution in [3.05, 3.63) is 0 Å². The number of carbonyl (C=O) groups is 1. The standard InChI is InChI=1S/C2H4O2.CBN.H3N.Na.H2/c1-2(3)4;2-1-3;;;/h1H3,(H,3,4);;1H3;;1H/q;;;+1;/p-1. The van der Waals surface area contributed by atoms with Gasteiger partial charge in [0.15, 0.2) is 0 Å². The van der Waals surface area contributed by atoms with Gasteiger partial charge in [-0.3, -0.25) is 0 Å². The molecular formula is C3H8BN2NaO2. The number of nitriles is 1. The molecule has 2 radical (unpaired) electrons. The van der Waals surface area contributed by atoms with Crippen molar-refractivity contribution in [2.75, 3.05) is 0 Å². The third-order valence-corrected chi connectivity index (χ3v) is 0. The van der Waals surface area contributed by atoms with Crippen LogP contribution >= 0.6 is 0 Å². The summed E-state index contributed by atoms with van der Waals surface area (Å²) in [7, 11) is 4.15. The average Bonchev–Trinajstić information content (AvgIpc) is 1.33. The zero-order valence-corrected chi connectivity index (χ0v) is 7.55. The maximum Gasteiger partial charge on any atom is 1.00 e. The van der Waals surface area contributed by atoms with E-state index in [0.29, 0.717) is 0 Å². The number of nitrogens with zero attached hydrogens (tertiary/aromatic N) is 1. The van der Waals surface area contributed by atoms with E-state index in [2.05, 4.69) is 7.85 Å². The Balaban J connectivity index is -0.0000000131. The topological polar surface area (TPSA) is 98.9 Å². The molecule has 0 saturated carbocycles. The van der Waals surface area contributed by atoms with Gasteiger partial charge in [-0.2, -0.15) is 0 Å². The zero-order valence-electron chi connectivity index (χ0n) is 5.55. The van der Waals surface area contributed by atoms with Gasteiger partial charge in [0, 0.05) is 7.40 Å². The number of hydrogen-bond acceptors (Lipinski definition) is 4. The van der Waals surface area contributed by atoms with Gasteiger partial charge in [-0.1, -0.05) is 0 Å². The Bertz CT molecular complexity index is 93.0. The normalized spacial score (nSPS) is 3.56. The molecule has 0 aromatic heterocycles. The molecule has 0 aliphatic heterocycles. The van der Waals surface area contributed by atoms with Crippen molar-refractivity contribution in [2.24, 2.45) is 0 Å². The maximum absolute atomic E-state index is 8.89. The Labute approximate surface area is 79.0 Å². The number of aliphatic carboxylic acids is 1. The first kappa shape index (κ1) is 23.1. The average molecular weight is 138 g/mol. The summed E-state index contributed by atoms with van der Waals surface area (Å²) in [4.78, 5) is 8.89. The monoisotopic (exact) mass is 138 g/mol. The number of rotatable bonds is 0. The van der Waals surface area contributed by atoms with Crippen LogP contribution in [0.25, 0.3) is 0 Å². The molecule has 0 fully saturated rings. The van der Waals surface area contributed by atoms with Crippen LogP contribution in [0.2, 0.25) is 0 Å². The first-order chi connectivity index (χ1) is 3.15. The van der Waals surface area contributed by atoms with Crippen LogP contribution in [0.3, 0.4) is 0 Å². The molecule has 3 N–H and O–H groups in total. The summed E-state index contributed by atoms with van der Waals surface area (Å²) in [6.07, 6.45) is 0. The van der Waals surface area contributed by atoms with E-state index in [0.717, 1.165) is 6.92 Å². The van der Waals surface area contributed by atoms with Crippen LogP contribution in [0.5, 0.6) is 0 Å². The van der Waals surface area contributed by atoms with Crippen molar-refractivity contribution in [3.63, 3.8) is 0 Å². The van der Waals surface area contributed by atoms with Crippen molar-refractivity contribution in [1.29, 1.82) is 5.26 Å². The molecular weight excluding hydrogens is 130 g/mol.